The van der Waals surface area contributed by atoms with E-state index >= 15 is 0 Å². The van der Waals surface area contributed by atoms with E-state index in [4.69, 9.17) is 5.11 Å². The molecule has 64 valence electrons. The predicted molar refractivity (Wildman–Crippen MR) is 48.4 cm³/mol. The first-order valence-corrected chi connectivity index (χ1v) is 4.00. The Morgan fingerprint density at radius 2 is 2.08 bits per heavy atom. The summed E-state index contributed by atoms with van der Waals surface area (Å²) in [6, 6.07) is 4.00. The van der Waals surface area contributed by atoms with Gasteiger partial charge in [-0.3, -0.25) is 0 Å². The van der Waals surface area contributed by atoms with Gasteiger partial charge in [0, 0.05) is 12.1 Å². The molecule has 1 aromatic heterocycles. The zero-order valence-electron chi connectivity index (χ0n) is 7.33. The van der Waals surface area contributed by atoms with E-state index in [1.165, 1.54) is 0 Å². The number of aromatic nitrogens is 1. The summed E-state index contributed by atoms with van der Waals surface area (Å²) in [7, 11) is 0. The lowest BCUT2D eigenvalue weighted by atomic mass is 10.1. The lowest BCUT2D eigenvalue weighted by Gasteiger charge is -1.97. The predicted octanol–water partition coefficient (Wildman–Crippen LogP) is 1.000. The summed E-state index contributed by atoms with van der Waals surface area (Å²) in [4.78, 5) is 0. The first-order chi connectivity index (χ1) is 5.74. The maximum Gasteiger partial charge on any atom is 0.171 e. The first-order valence-electron chi connectivity index (χ1n) is 4.00. The lowest BCUT2D eigenvalue weighted by Crippen LogP contribution is -2.34. The zero-order chi connectivity index (χ0) is 8.97. The Balaban J connectivity index is 2.78. The normalized spacial score (nSPS) is 9.83. The first kappa shape index (κ1) is 8.94. The molecule has 0 spiro atoms. The molecule has 0 aromatic carbocycles. The van der Waals surface area contributed by atoms with Crippen molar-refractivity contribution in [2.24, 2.45) is 0 Å². The molecule has 1 aromatic rings. The molecule has 0 saturated heterocycles. The van der Waals surface area contributed by atoms with Gasteiger partial charge < -0.3 is 5.11 Å². The molecule has 0 atom stereocenters. The largest absolute Gasteiger partial charge is 0.390 e. The molecule has 0 aliphatic heterocycles. The quantitative estimate of drug-likeness (QED) is 0.662. The number of aliphatic hydroxyl groups excluding tert-OH is 1. The summed E-state index contributed by atoms with van der Waals surface area (Å²) in [5.41, 5.74) is 2.20. The summed E-state index contributed by atoms with van der Waals surface area (Å²) in [5.74, 6) is 0. The molecule has 12 heavy (non-hydrogen) atoms. The van der Waals surface area contributed by atoms with Gasteiger partial charge >= 0.3 is 0 Å². The minimum atomic E-state index is 0.178. The highest BCUT2D eigenvalue weighted by Gasteiger charge is 1.98. The molecule has 2 heteroatoms. The average molecular weight is 164 g/mol. The van der Waals surface area contributed by atoms with Crippen LogP contribution in [0.3, 0.4) is 0 Å². The van der Waals surface area contributed by atoms with Crippen molar-refractivity contribution in [1.82, 2.24) is 0 Å². The number of pyridine rings is 1. The van der Waals surface area contributed by atoms with E-state index in [0.29, 0.717) is 6.54 Å². The van der Waals surface area contributed by atoms with Crippen LogP contribution in [0.15, 0.2) is 31.1 Å². The number of allylic oxidation sites excluding steroid dienone is 1. The summed E-state index contributed by atoms with van der Waals surface area (Å²) >= 11 is 0. The fourth-order valence-corrected chi connectivity index (χ4v) is 1.01. The van der Waals surface area contributed by atoms with Crippen LogP contribution in [0.4, 0.5) is 0 Å². The second kappa shape index (κ2) is 4.02. The Morgan fingerprint density at radius 3 is 2.50 bits per heavy atom. The Hall–Kier alpha value is -1.15. The summed E-state index contributed by atoms with van der Waals surface area (Å²) in [5, 5.41) is 8.66. The Kier molecular flexibility index (Phi) is 3.00. The van der Waals surface area contributed by atoms with Crippen LogP contribution in [0.25, 0.3) is 5.57 Å². The van der Waals surface area contributed by atoms with Gasteiger partial charge in [0.05, 0.1) is 0 Å². The lowest BCUT2D eigenvalue weighted by molar-refractivity contribution is -0.698. The van der Waals surface area contributed by atoms with Gasteiger partial charge in [-0.15, -0.1) is 0 Å². The Labute approximate surface area is 72.8 Å². The molecule has 0 radical (unpaired) electrons. The minimum Gasteiger partial charge on any atom is -0.390 e. The van der Waals surface area contributed by atoms with E-state index in [0.717, 1.165) is 11.1 Å². The molecule has 0 aliphatic carbocycles. The highest BCUT2D eigenvalue weighted by atomic mass is 16.3. The monoisotopic (exact) mass is 164 g/mol. The summed E-state index contributed by atoms with van der Waals surface area (Å²) < 4.78 is 1.94. The second-order valence-electron chi connectivity index (χ2n) is 2.83. The number of aliphatic hydroxyl groups is 1. The summed E-state index contributed by atoms with van der Waals surface area (Å²) in [6.45, 7) is 6.65. The molecule has 1 N–H and O–H groups in total. The van der Waals surface area contributed by atoms with Gasteiger partial charge in [-0.2, -0.15) is 0 Å². The molecule has 1 rings (SSSR count). The van der Waals surface area contributed by atoms with Gasteiger partial charge in [-0.1, -0.05) is 12.2 Å². The van der Waals surface area contributed by atoms with Gasteiger partial charge in [0.15, 0.2) is 18.9 Å². The van der Waals surface area contributed by atoms with Gasteiger partial charge in [0.2, 0.25) is 0 Å². The molecule has 0 saturated carbocycles. The van der Waals surface area contributed by atoms with E-state index in [1.807, 2.05) is 36.0 Å². The van der Waals surface area contributed by atoms with Gasteiger partial charge in [0.25, 0.3) is 0 Å². The molecule has 0 amide bonds. The van der Waals surface area contributed by atoms with Crippen molar-refractivity contribution in [2.45, 2.75) is 13.5 Å². The molecular formula is C10H14NO+. The Morgan fingerprint density at radius 1 is 1.50 bits per heavy atom. The van der Waals surface area contributed by atoms with E-state index in [-0.39, 0.29) is 6.61 Å². The van der Waals surface area contributed by atoms with Crippen LogP contribution < -0.4 is 4.57 Å². The van der Waals surface area contributed by atoms with Gasteiger partial charge in [0.1, 0.15) is 6.61 Å². The molecule has 0 unspecified atom stereocenters. The van der Waals surface area contributed by atoms with Gasteiger partial charge in [-0.05, 0) is 12.5 Å². The van der Waals surface area contributed by atoms with E-state index in [9.17, 15) is 0 Å². The third kappa shape index (κ3) is 2.17. The van der Waals surface area contributed by atoms with Crippen molar-refractivity contribution < 1.29 is 9.67 Å². The van der Waals surface area contributed by atoms with Crippen LogP contribution in [0.1, 0.15) is 12.5 Å². The molecule has 0 aliphatic rings. The summed E-state index contributed by atoms with van der Waals surface area (Å²) in [6.07, 6.45) is 3.89. The topological polar surface area (TPSA) is 24.1 Å². The molecule has 0 bridgehead atoms. The third-order valence-corrected chi connectivity index (χ3v) is 1.74. The van der Waals surface area contributed by atoms with Crippen LogP contribution in [0.2, 0.25) is 0 Å². The molecule has 1 heterocycles. The molecule has 0 fully saturated rings. The molecule has 2 nitrogen and oxygen atoms in total. The van der Waals surface area contributed by atoms with E-state index < -0.39 is 0 Å². The molecular weight excluding hydrogens is 150 g/mol. The third-order valence-electron chi connectivity index (χ3n) is 1.74. The van der Waals surface area contributed by atoms with Crippen molar-refractivity contribution >= 4 is 5.57 Å². The van der Waals surface area contributed by atoms with Crippen LogP contribution in [-0.4, -0.2) is 11.7 Å². The Bertz CT molecular complexity index is 264. The fraction of sp³-hybridized carbons (Fsp3) is 0.300. The van der Waals surface area contributed by atoms with Crippen molar-refractivity contribution in [1.29, 1.82) is 0 Å². The zero-order valence-corrected chi connectivity index (χ0v) is 7.33. The van der Waals surface area contributed by atoms with Crippen LogP contribution >= 0.6 is 0 Å². The van der Waals surface area contributed by atoms with Crippen LogP contribution in [-0.2, 0) is 6.54 Å². The SMILES string of the molecule is C=C(C)c1cc[n+](CCO)cc1. The van der Waals surface area contributed by atoms with E-state index in [1.54, 1.807) is 0 Å². The smallest absolute Gasteiger partial charge is 0.171 e. The van der Waals surface area contributed by atoms with Gasteiger partial charge in [-0.25, -0.2) is 4.57 Å². The number of nitrogens with zero attached hydrogens (tertiary/aromatic N) is 1. The standard InChI is InChI=1S/C10H14NO/c1-9(2)10-3-5-11(6-4-10)7-8-12/h3-6,12H,1,7-8H2,2H3/q+1. The van der Waals surface area contributed by atoms with Crippen molar-refractivity contribution in [3.8, 4) is 0 Å². The highest BCUT2D eigenvalue weighted by molar-refractivity contribution is 5.59. The highest BCUT2D eigenvalue weighted by Crippen LogP contribution is 2.07. The van der Waals surface area contributed by atoms with Crippen molar-refractivity contribution in [3.05, 3.63) is 36.7 Å². The van der Waals surface area contributed by atoms with E-state index in [2.05, 4.69) is 6.58 Å². The maximum atomic E-state index is 8.66. The van der Waals surface area contributed by atoms with Crippen LogP contribution in [0, 0.1) is 0 Å². The van der Waals surface area contributed by atoms with Crippen molar-refractivity contribution in [2.75, 3.05) is 6.61 Å². The van der Waals surface area contributed by atoms with Crippen LogP contribution in [0.5, 0.6) is 0 Å². The second-order valence-corrected chi connectivity index (χ2v) is 2.83. The van der Waals surface area contributed by atoms with Crippen molar-refractivity contribution in [3.63, 3.8) is 0 Å². The number of rotatable bonds is 3. The average Bonchev–Trinajstić information content (AvgIpc) is 2.06. The minimum absolute atomic E-state index is 0.178. The maximum absolute atomic E-state index is 8.66. The fourth-order valence-electron chi connectivity index (χ4n) is 1.01. The number of hydrogen-bond donors (Lipinski definition) is 1. The number of hydrogen-bond acceptors (Lipinski definition) is 1.